The van der Waals surface area contributed by atoms with Crippen molar-refractivity contribution in [2.24, 2.45) is 0 Å². The van der Waals surface area contributed by atoms with Crippen LogP contribution in [0.3, 0.4) is 0 Å². The zero-order chi connectivity index (χ0) is 12.1. The van der Waals surface area contributed by atoms with Crippen LogP contribution in [0.4, 0.5) is 0 Å². The monoisotopic (exact) mass is 234 g/mol. The fourth-order valence-electron chi connectivity index (χ4n) is 1.91. The maximum absolute atomic E-state index is 10.7. The van der Waals surface area contributed by atoms with Crippen molar-refractivity contribution in [1.29, 1.82) is 0 Å². The first-order valence-electron chi connectivity index (χ1n) is 6.13. The molecular weight excluding hydrogens is 216 g/mol. The van der Waals surface area contributed by atoms with Crippen molar-refractivity contribution in [3.8, 4) is 5.75 Å². The number of carbonyl (C=O) groups is 1. The van der Waals surface area contributed by atoms with E-state index in [0.29, 0.717) is 0 Å². The van der Waals surface area contributed by atoms with Gasteiger partial charge in [-0.2, -0.15) is 0 Å². The zero-order valence-corrected chi connectivity index (χ0v) is 10.1. The summed E-state index contributed by atoms with van der Waals surface area (Å²) in [6.45, 7) is 2.65. The van der Waals surface area contributed by atoms with Crippen LogP contribution in [0.5, 0.6) is 5.75 Å². The minimum absolute atomic E-state index is 0.0918. The smallest absolute Gasteiger partial charge is 0.199 e. The van der Waals surface area contributed by atoms with E-state index in [1.807, 2.05) is 31.2 Å². The first kappa shape index (κ1) is 12.1. The van der Waals surface area contributed by atoms with Crippen LogP contribution in [0.2, 0.25) is 0 Å². The Labute approximate surface area is 102 Å². The van der Waals surface area contributed by atoms with Crippen molar-refractivity contribution in [2.75, 3.05) is 6.61 Å². The molecule has 17 heavy (non-hydrogen) atoms. The maximum Gasteiger partial charge on any atom is 0.199 e. The van der Waals surface area contributed by atoms with Crippen molar-refractivity contribution < 1.29 is 14.3 Å². The lowest BCUT2D eigenvalue weighted by Crippen LogP contribution is -2.25. The third-order valence-corrected chi connectivity index (χ3v) is 2.99. The van der Waals surface area contributed by atoms with Crippen molar-refractivity contribution in [3.63, 3.8) is 0 Å². The summed E-state index contributed by atoms with van der Waals surface area (Å²) < 4.78 is 11.3. The van der Waals surface area contributed by atoms with E-state index < -0.39 is 0 Å². The molecule has 92 valence electrons. The number of aldehydes is 1. The van der Waals surface area contributed by atoms with E-state index in [-0.39, 0.29) is 12.2 Å². The molecule has 1 aromatic rings. The average molecular weight is 234 g/mol. The first-order chi connectivity index (χ1) is 8.29. The molecule has 1 aliphatic heterocycles. The van der Waals surface area contributed by atoms with Crippen molar-refractivity contribution >= 4 is 6.29 Å². The maximum atomic E-state index is 10.7. The summed E-state index contributed by atoms with van der Waals surface area (Å²) in [5.74, 6) is 0.689. The van der Waals surface area contributed by atoms with Crippen LogP contribution in [0.25, 0.3) is 0 Å². The van der Waals surface area contributed by atoms with Gasteiger partial charge in [-0.1, -0.05) is 19.1 Å². The Morgan fingerprint density at radius 1 is 1.47 bits per heavy atom. The van der Waals surface area contributed by atoms with Crippen LogP contribution in [0.1, 0.15) is 37.7 Å². The van der Waals surface area contributed by atoms with Crippen LogP contribution in [-0.4, -0.2) is 19.2 Å². The van der Waals surface area contributed by atoms with Crippen molar-refractivity contribution in [3.05, 3.63) is 29.8 Å². The molecule has 2 rings (SSSR count). The molecule has 0 saturated carbocycles. The van der Waals surface area contributed by atoms with Crippen LogP contribution < -0.4 is 4.74 Å². The molecule has 0 amide bonds. The average Bonchev–Trinajstić information content (AvgIpc) is 2.39. The Hall–Kier alpha value is -1.35. The lowest BCUT2D eigenvalue weighted by molar-refractivity contribution is -0.108. The molecule has 2 unspecified atom stereocenters. The molecule has 1 fully saturated rings. The predicted molar refractivity (Wildman–Crippen MR) is 65.1 cm³/mol. The molecule has 0 spiro atoms. The molecule has 0 N–H and O–H groups in total. The fourth-order valence-corrected chi connectivity index (χ4v) is 1.91. The molecule has 2 atom stereocenters. The minimum Gasteiger partial charge on any atom is -0.465 e. The van der Waals surface area contributed by atoms with Gasteiger partial charge in [0.05, 0.1) is 6.61 Å². The van der Waals surface area contributed by atoms with Gasteiger partial charge in [0.15, 0.2) is 6.29 Å². The Morgan fingerprint density at radius 3 is 3.06 bits per heavy atom. The molecule has 1 heterocycles. The minimum atomic E-state index is -0.134. The molecule has 0 aromatic heterocycles. The summed E-state index contributed by atoms with van der Waals surface area (Å²) in [6, 6.07) is 7.66. The predicted octanol–water partition coefficient (Wildman–Crippen LogP) is 2.89. The van der Waals surface area contributed by atoms with Gasteiger partial charge in [-0.3, -0.25) is 0 Å². The van der Waals surface area contributed by atoms with Crippen LogP contribution in [0, 0.1) is 0 Å². The van der Waals surface area contributed by atoms with Crippen molar-refractivity contribution in [1.82, 2.24) is 0 Å². The van der Waals surface area contributed by atoms with Gasteiger partial charge in [0.2, 0.25) is 0 Å². The third-order valence-electron chi connectivity index (χ3n) is 2.99. The number of hydrogen-bond donors (Lipinski definition) is 0. The van der Waals surface area contributed by atoms with Gasteiger partial charge in [-0.25, -0.2) is 0 Å². The number of carbonyl (C=O) groups excluding carboxylic acids is 1. The van der Waals surface area contributed by atoms with Crippen molar-refractivity contribution in [2.45, 2.75) is 38.4 Å². The third kappa shape index (κ3) is 3.30. The number of ether oxygens (including phenoxy) is 2. The van der Waals surface area contributed by atoms with Crippen LogP contribution >= 0.6 is 0 Å². The summed E-state index contributed by atoms with van der Waals surface area (Å²) in [6.07, 6.45) is 4.01. The van der Waals surface area contributed by atoms with E-state index in [0.717, 1.165) is 43.5 Å². The summed E-state index contributed by atoms with van der Waals surface area (Å²) in [7, 11) is 0. The van der Waals surface area contributed by atoms with Gasteiger partial charge in [-0.15, -0.1) is 0 Å². The second-order valence-electron chi connectivity index (χ2n) is 4.41. The van der Waals surface area contributed by atoms with Crippen LogP contribution in [0.15, 0.2) is 24.3 Å². The van der Waals surface area contributed by atoms with E-state index in [2.05, 4.69) is 0 Å². The molecule has 0 radical (unpaired) electrons. The van der Waals surface area contributed by atoms with Gasteiger partial charge in [0.1, 0.15) is 12.0 Å². The Bertz CT molecular complexity index is 369. The standard InChI is InChI=1S/C14H18O3/c1-11(10-15)12-5-4-6-13(9-12)17-14-7-2-3-8-16-14/h4-6,9-11,14H,2-3,7-8H2,1H3. The van der Waals surface area contributed by atoms with E-state index >= 15 is 0 Å². The molecule has 3 heteroatoms. The topological polar surface area (TPSA) is 35.5 Å². The molecule has 1 aromatic carbocycles. The Morgan fingerprint density at radius 2 is 2.35 bits per heavy atom. The quantitative estimate of drug-likeness (QED) is 0.751. The molecule has 3 nitrogen and oxygen atoms in total. The molecular formula is C14H18O3. The van der Waals surface area contributed by atoms with Crippen LogP contribution in [-0.2, 0) is 9.53 Å². The Balaban J connectivity index is 2.02. The highest BCUT2D eigenvalue weighted by molar-refractivity contribution is 5.61. The van der Waals surface area contributed by atoms with E-state index in [1.54, 1.807) is 0 Å². The van der Waals surface area contributed by atoms with Gasteiger partial charge < -0.3 is 14.3 Å². The van der Waals surface area contributed by atoms with Gasteiger partial charge >= 0.3 is 0 Å². The molecule has 1 aliphatic rings. The second-order valence-corrected chi connectivity index (χ2v) is 4.41. The van der Waals surface area contributed by atoms with E-state index in [9.17, 15) is 4.79 Å². The second kappa shape index (κ2) is 5.82. The van der Waals surface area contributed by atoms with Gasteiger partial charge in [0, 0.05) is 12.3 Å². The molecule has 0 aliphatic carbocycles. The summed E-state index contributed by atoms with van der Waals surface area (Å²) in [4.78, 5) is 10.7. The van der Waals surface area contributed by atoms with Gasteiger partial charge in [-0.05, 0) is 30.5 Å². The SMILES string of the molecule is CC(C=O)c1cccc(OC2CCCCO2)c1. The lowest BCUT2D eigenvalue weighted by Gasteiger charge is -2.23. The van der Waals surface area contributed by atoms with Gasteiger partial charge in [0.25, 0.3) is 0 Å². The fraction of sp³-hybridized carbons (Fsp3) is 0.500. The molecule has 0 bridgehead atoms. The lowest BCUT2D eigenvalue weighted by atomic mass is 10.0. The number of rotatable bonds is 4. The largest absolute Gasteiger partial charge is 0.465 e. The molecule has 1 saturated heterocycles. The van der Waals surface area contributed by atoms with E-state index in [4.69, 9.17) is 9.47 Å². The first-order valence-corrected chi connectivity index (χ1v) is 6.13. The highest BCUT2D eigenvalue weighted by Gasteiger charge is 2.15. The summed E-state index contributed by atoms with van der Waals surface area (Å²) >= 11 is 0. The Kier molecular flexibility index (Phi) is 4.15. The summed E-state index contributed by atoms with van der Waals surface area (Å²) in [5, 5.41) is 0. The highest BCUT2D eigenvalue weighted by Crippen LogP contribution is 2.23. The highest BCUT2D eigenvalue weighted by atomic mass is 16.7. The zero-order valence-electron chi connectivity index (χ0n) is 10.1. The number of benzene rings is 1. The summed E-state index contributed by atoms with van der Waals surface area (Å²) in [5.41, 5.74) is 0.980. The number of hydrogen-bond acceptors (Lipinski definition) is 3. The normalized spacial score (nSPS) is 21.8. The van der Waals surface area contributed by atoms with E-state index in [1.165, 1.54) is 0 Å².